The lowest BCUT2D eigenvalue weighted by molar-refractivity contribution is 0.415. The molecule has 0 saturated carbocycles. The van der Waals surface area contributed by atoms with E-state index < -0.39 is 7.14 Å². The van der Waals surface area contributed by atoms with Crippen LogP contribution in [-0.4, -0.2) is 13.3 Å². The Labute approximate surface area is 84.0 Å². The average Bonchev–Trinajstić information content (AvgIpc) is 2.67. The van der Waals surface area contributed by atoms with Crippen molar-refractivity contribution in [2.45, 2.75) is 6.42 Å². The number of benzene rings is 1. The van der Waals surface area contributed by atoms with Crippen molar-refractivity contribution in [1.29, 1.82) is 0 Å². The molecule has 1 aromatic carbocycles. The zero-order valence-electron chi connectivity index (χ0n) is 8.14. The second kappa shape index (κ2) is 3.62. The molecule has 1 heterocycles. The number of allylic oxidation sites excluding steroid dienone is 1. The van der Waals surface area contributed by atoms with Crippen molar-refractivity contribution in [2.75, 3.05) is 13.3 Å². The average molecular weight is 208 g/mol. The van der Waals surface area contributed by atoms with Gasteiger partial charge in [0.05, 0.1) is 7.11 Å². The van der Waals surface area contributed by atoms with E-state index in [-0.39, 0.29) is 0 Å². The summed E-state index contributed by atoms with van der Waals surface area (Å²) in [5.41, 5.74) is 0. The Morgan fingerprint density at radius 1 is 1.43 bits per heavy atom. The molecule has 0 radical (unpaired) electrons. The Bertz CT molecular complexity index is 410. The van der Waals surface area contributed by atoms with E-state index >= 15 is 0 Å². The van der Waals surface area contributed by atoms with Crippen LogP contribution >= 0.6 is 7.14 Å². The Hall–Kier alpha value is -1.01. The lowest BCUT2D eigenvalue weighted by Gasteiger charge is -2.10. The van der Waals surface area contributed by atoms with Gasteiger partial charge in [-0.15, -0.1) is 0 Å². The van der Waals surface area contributed by atoms with Crippen molar-refractivity contribution < 1.29 is 9.30 Å². The van der Waals surface area contributed by atoms with Crippen molar-refractivity contribution in [3.63, 3.8) is 0 Å². The zero-order chi connectivity index (χ0) is 10.0. The molecule has 14 heavy (non-hydrogen) atoms. The van der Waals surface area contributed by atoms with Gasteiger partial charge in [0, 0.05) is 11.5 Å². The van der Waals surface area contributed by atoms with E-state index in [0.29, 0.717) is 0 Å². The molecule has 2 rings (SSSR count). The minimum Gasteiger partial charge on any atom is -0.497 e. The highest BCUT2D eigenvalue weighted by Crippen LogP contribution is 2.50. The van der Waals surface area contributed by atoms with E-state index in [1.165, 1.54) is 0 Å². The first-order valence-electron chi connectivity index (χ1n) is 4.66. The van der Waals surface area contributed by atoms with Crippen LogP contribution in [0.2, 0.25) is 0 Å². The number of hydrogen-bond donors (Lipinski definition) is 0. The number of hydrogen-bond acceptors (Lipinski definition) is 2. The maximum absolute atomic E-state index is 12.3. The Kier molecular flexibility index (Phi) is 2.47. The largest absolute Gasteiger partial charge is 0.497 e. The molecule has 0 spiro atoms. The highest BCUT2D eigenvalue weighted by molar-refractivity contribution is 7.74. The first kappa shape index (κ1) is 9.54. The molecule has 0 aliphatic carbocycles. The monoisotopic (exact) mass is 208 g/mol. The first-order chi connectivity index (χ1) is 6.74. The molecule has 1 atom stereocenters. The molecule has 0 amide bonds. The maximum atomic E-state index is 12.3. The van der Waals surface area contributed by atoms with Crippen molar-refractivity contribution in [1.82, 2.24) is 0 Å². The van der Waals surface area contributed by atoms with Crippen molar-refractivity contribution in [2.24, 2.45) is 0 Å². The summed E-state index contributed by atoms with van der Waals surface area (Å²) in [6, 6.07) is 7.55. The van der Waals surface area contributed by atoms with Gasteiger partial charge >= 0.3 is 0 Å². The Morgan fingerprint density at radius 2 is 2.29 bits per heavy atom. The number of rotatable bonds is 2. The SMILES string of the molecule is COc1cccc(P2(=O)C=CCC2)c1. The van der Waals surface area contributed by atoms with E-state index in [1.807, 2.05) is 36.2 Å². The minimum atomic E-state index is -2.22. The van der Waals surface area contributed by atoms with Crippen LogP contribution in [0.5, 0.6) is 5.75 Å². The first-order valence-corrected chi connectivity index (χ1v) is 6.62. The predicted octanol–water partition coefficient (Wildman–Crippen LogP) is 2.60. The van der Waals surface area contributed by atoms with Crippen LogP contribution in [0.4, 0.5) is 0 Å². The molecular formula is C11H13O2P. The van der Waals surface area contributed by atoms with Crippen LogP contribution in [-0.2, 0) is 4.57 Å². The van der Waals surface area contributed by atoms with Crippen molar-refractivity contribution in [3.8, 4) is 5.75 Å². The van der Waals surface area contributed by atoms with Crippen LogP contribution in [0.25, 0.3) is 0 Å². The fraction of sp³-hybridized carbons (Fsp3) is 0.273. The summed E-state index contributed by atoms with van der Waals surface area (Å²) < 4.78 is 17.5. The van der Waals surface area contributed by atoms with Crippen molar-refractivity contribution >= 4 is 12.4 Å². The fourth-order valence-corrected chi connectivity index (χ4v) is 3.93. The molecule has 0 N–H and O–H groups in total. The van der Waals surface area contributed by atoms with Gasteiger partial charge in [-0.05, 0) is 24.4 Å². The zero-order valence-corrected chi connectivity index (χ0v) is 9.04. The predicted molar refractivity (Wildman–Crippen MR) is 58.9 cm³/mol. The van der Waals surface area contributed by atoms with Gasteiger partial charge in [0.2, 0.25) is 0 Å². The van der Waals surface area contributed by atoms with Gasteiger partial charge in [-0.3, -0.25) is 0 Å². The third-order valence-electron chi connectivity index (χ3n) is 2.46. The van der Waals surface area contributed by atoms with E-state index in [2.05, 4.69) is 0 Å². The molecule has 0 aromatic heterocycles. The normalized spacial score (nSPS) is 25.2. The summed E-state index contributed by atoms with van der Waals surface area (Å²) in [7, 11) is -0.599. The van der Waals surface area contributed by atoms with Gasteiger partial charge in [0.15, 0.2) is 0 Å². The van der Waals surface area contributed by atoms with Crippen LogP contribution < -0.4 is 10.0 Å². The topological polar surface area (TPSA) is 26.3 Å². The second-order valence-corrected chi connectivity index (χ2v) is 6.25. The summed E-state index contributed by atoms with van der Waals surface area (Å²) in [4.78, 5) is 0. The number of ether oxygens (including phenoxy) is 1. The summed E-state index contributed by atoms with van der Waals surface area (Å²) in [6.07, 6.45) is 3.69. The second-order valence-electron chi connectivity index (χ2n) is 3.39. The molecule has 74 valence electrons. The van der Waals surface area contributed by atoms with Gasteiger partial charge in [0.1, 0.15) is 12.9 Å². The fourth-order valence-electron chi connectivity index (χ4n) is 1.65. The molecule has 1 aliphatic heterocycles. The summed E-state index contributed by atoms with van der Waals surface area (Å²) in [6.45, 7) is 0. The van der Waals surface area contributed by atoms with Crippen LogP contribution in [0.1, 0.15) is 6.42 Å². The molecule has 1 aromatic rings. The Morgan fingerprint density at radius 3 is 2.93 bits per heavy atom. The van der Waals surface area contributed by atoms with E-state index in [1.54, 1.807) is 7.11 Å². The third kappa shape index (κ3) is 1.62. The van der Waals surface area contributed by atoms with E-state index in [4.69, 9.17) is 4.74 Å². The number of methoxy groups -OCH3 is 1. The van der Waals surface area contributed by atoms with Gasteiger partial charge in [0.25, 0.3) is 0 Å². The molecule has 1 unspecified atom stereocenters. The lowest BCUT2D eigenvalue weighted by atomic mass is 10.3. The van der Waals surface area contributed by atoms with Crippen LogP contribution in [0.3, 0.4) is 0 Å². The summed E-state index contributed by atoms with van der Waals surface area (Å²) >= 11 is 0. The molecule has 2 nitrogen and oxygen atoms in total. The van der Waals surface area contributed by atoms with Gasteiger partial charge in [-0.2, -0.15) is 0 Å². The van der Waals surface area contributed by atoms with Crippen molar-refractivity contribution in [3.05, 3.63) is 36.2 Å². The highest BCUT2D eigenvalue weighted by Gasteiger charge is 2.24. The Balaban J connectivity index is 2.41. The van der Waals surface area contributed by atoms with E-state index in [9.17, 15) is 4.57 Å². The standard InChI is InChI=1S/C11H13O2P/c1-13-10-5-4-6-11(9-10)14(12)7-2-3-8-14/h2,4-7,9H,3,8H2,1H3. The minimum absolute atomic E-state index is 0.764. The third-order valence-corrected chi connectivity index (χ3v) is 5.23. The van der Waals surface area contributed by atoms with Gasteiger partial charge < -0.3 is 9.30 Å². The highest BCUT2D eigenvalue weighted by atomic mass is 31.2. The molecule has 0 fully saturated rings. The van der Waals surface area contributed by atoms with E-state index in [0.717, 1.165) is 23.6 Å². The van der Waals surface area contributed by atoms with Gasteiger partial charge in [-0.25, -0.2) is 0 Å². The molecular weight excluding hydrogens is 195 g/mol. The summed E-state index contributed by atoms with van der Waals surface area (Å²) in [5, 5.41) is 0.908. The smallest absolute Gasteiger partial charge is 0.136 e. The maximum Gasteiger partial charge on any atom is 0.136 e. The lowest BCUT2D eigenvalue weighted by Crippen LogP contribution is -2.03. The van der Waals surface area contributed by atoms with Crippen LogP contribution in [0, 0.1) is 0 Å². The molecule has 1 aliphatic rings. The quantitative estimate of drug-likeness (QED) is 0.698. The van der Waals surface area contributed by atoms with Crippen LogP contribution in [0.15, 0.2) is 36.2 Å². The van der Waals surface area contributed by atoms with Gasteiger partial charge in [-0.1, -0.05) is 18.2 Å². The molecule has 0 saturated heterocycles. The molecule has 0 bridgehead atoms. The summed E-state index contributed by atoms with van der Waals surface area (Å²) in [5.74, 6) is 2.64. The molecule has 3 heteroatoms.